The van der Waals surface area contributed by atoms with Crippen molar-refractivity contribution in [3.63, 3.8) is 0 Å². The molecule has 1 amide bonds. The highest BCUT2D eigenvalue weighted by atomic mass is 19.4. The molecular weight excluding hydrogens is 438 g/mol. The number of anilines is 1. The molecule has 0 saturated carbocycles. The average Bonchev–Trinajstić information content (AvgIpc) is 2.76. The molecule has 0 unspecified atom stereocenters. The predicted octanol–water partition coefficient (Wildman–Crippen LogP) is 5.03. The minimum atomic E-state index is -4.86. The standard InChI is InChI=1S/C24H17F4N3O2/c1-14-8-10-29-13-20(14)31-11-9-16-17(23(31)33)5-3-7-19(16)30-21(32)12-15-4-2-6-18(22(15)25)24(26,27)28/h2-11,13H,12H2,1H3,(H,30,32). The van der Waals surface area contributed by atoms with Gasteiger partial charge in [0.15, 0.2) is 0 Å². The molecule has 0 aliphatic heterocycles. The highest BCUT2D eigenvalue weighted by Crippen LogP contribution is 2.32. The molecule has 2 aromatic carbocycles. The lowest BCUT2D eigenvalue weighted by atomic mass is 10.1. The molecule has 0 bridgehead atoms. The van der Waals surface area contributed by atoms with Gasteiger partial charge in [-0.2, -0.15) is 13.2 Å². The summed E-state index contributed by atoms with van der Waals surface area (Å²) in [7, 11) is 0. The Morgan fingerprint density at radius 2 is 1.82 bits per heavy atom. The lowest BCUT2D eigenvalue weighted by Crippen LogP contribution is -2.20. The molecule has 33 heavy (non-hydrogen) atoms. The van der Waals surface area contributed by atoms with Crippen LogP contribution in [0.25, 0.3) is 16.5 Å². The van der Waals surface area contributed by atoms with E-state index in [1.165, 1.54) is 4.57 Å². The lowest BCUT2D eigenvalue weighted by molar-refractivity contribution is -0.140. The number of aromatic nitrogens is 2. The third-order valence-electron chi connectivity index (χ3n) is 5.23. The van der Waals surface area contributed by atoms with Crippen molar-refractivity contribution in [3.05, 3.63) is 100.0 Å². The highest BCUT2D eigenvalue weighted by molar-refractivity contribution is 6.02. The van der Waals surface area contributed by atoms with Crippen molar-refractivity contribution in [2.45, 2.75) is 19.5 Å². The summed E-state index contributed by atoms with van der Waals surface area (Å²) in [5, 5.41) is 3.34. The normalized spacial score (nSPS) is 11.5. The molecular formula is C24H17F4N3O2. The van der Waals surface area contributed by atoms with Crippen LogP contribution in [-0.4, -0.2) is 15.5 Å². The molecule has 0 aliphatic rings. The minimum absolute atomic E-state index is 0.289. The van der Waals surface area contributed by atoms with Crippen molar-refractivity contribution in [2.24, 2.45) is 0 Å². The topological polar surface area (TPSA) is 64.0 Å². The van der Waals surface area contributed by atoms with Crippen molar-refractivity contribution < 1.29 is 22.4 Å². The number of carbonyl (C=O) groups is 1. The Morgan fingerprint density at radius 3 is 2.55 bits per heavy atom. The van der Waals surface area contributed by atoms with Crippen molar-refractivity contribution in [1.82, 2.24) is 9.55 Å². The summed E-state index contributed by atoms with van der Waals surface area (Å²) in [6, 6.07) is 10.9. The zero-order valence-electron chi connectivity index (χ0n) is 17.3. The van der Waals surface area contributed by atoms with Crippen molar-refractivity contribution in [1.29, 1.82) is 0 Å². The van der Waals surface area contributed by atoms with Gasteiger partial charge in [-0.3, -0.25) is 19.1 Å². The predicted molar refractivity (Wildman–Crippen MR) is 116 cm³/mol. The number of rotatable bonds is 4. The van der Waals surface area contributed by atoms with E-state index >= 15 is 0 Å². The van der Waals surface area contributed by atoms with Crippen LogP contribution in [-0.2, 0) is 17.4 Å². The maximum absolute atomic E-state index is 14.3. The number of benzene rings is 2. The second-order valence-electron chi connectivity index (χ2n) is 7.42. The first-order valence-electron chi connectivity index (χ1n) is 9.86. The largest absolute Gasteiger partial charge is 0.419 e. The zero-order valence-corrected chi connectivity index (χ0v) is 17.3. The summed E-state index contributed by atoms with van der Waals surface area (Å²) in [6.45, 7) is 1.84. The van der Waals surface area contributed by atoms with Crippen LogP contribution < -0.4 is 10.9 Å². The number of alkyl halides is 3. The Bertz CT molecular complexity index is 1430. The third-order valence-corrected chi connectivity index (χ3v) is 5.23. The average molecular weight is 455 g/mol. The lowest BCUT2D eigenvalue weighted by Gasteiger charge is -2.13. The number of fused-ring (bicyclic) bond motifs is 1. The van der Waals surface area contributed by atoms with Crippen molar-refractivity contribution in [2.75, 3.05) is 5.32 Å². The van der Waals surface area contributed by atoms with E-state index in [1.807, 2.05) is 6.92 Å². The molecule has 2 aromatic heterocycles. The summed E-state index contributed by atoms with van der Waals surface area (Å²) in [4.78, 5) is 29.6. The van der Waals surface area contributed by atoms with E-state index in [0.717, 1.165) is 17.7 Å². The van der Waals surface area contributed by atoms with Crippen LogP contribution in [0.3, 0.4) is 0 Å². The molecule has 0 aliphatic carbocycles. The Morgan fingerprint density at radius 1 is 1.06 bits per heavy atom. The second-order valence-corrected chi connectivity index (χ2v) is 7.42. The van der Waals surface area contributed by atoms with Gasteiger partial charge < -0.3 is 5.32 Å². The van der Waals surface area contributed by atoms with Crippen molar-refractivity contribution >= 4 is 22.4 Å². The number of pyridine rings is 2. The van der Waals surface area contributed by atoms with Gasteiger partial charge in [0.1, 0.15) is 5.82 Å². The molecule has 4 aromatic rings. The van der Waals surface area contributed by atoms with E-state index in [0.29, 0.717) is 22.5 Å². The van der Waals surface area contributed by atoms with Crippen LogP contribution in [0.2, 0.25) is 0 Å². The molecule has 0 atom stereocenters. The van der Waals surface area contributed by atoms with Gasteiger partial charge in [0.25, 0.3) is 5.56 Å². The molecule has 0 saturated heterocycles. The molecule has 0 radical (unpaired) electrons. The molecule has 1 N–H and O–H groups in total. The number of nitrogens with one attached hydrogen (secondary N) is 1. The van der Waals surface area contributed by atoms with E-state index < -0.39 is 29.9 Å². The number of hydrogen-bond donors (Lipinski definition) is 1. The molecule has 4 rings (SSSR count). The molecule has 168 valence electrons. The van der Waals surface area contributed by atoms with Crippen LogP contribution in [0, 0.1) is 12.7 Å². The van der Waals surface area contributed by atoms with Crippen LogP contribution in [0.4, 0.5) is 23.2 Å². The van der Waals surface area contributed by atoms with E-state index in [2.05, 4.69) is 10.3 Å². The maximum atomic E-state index is 14.3. The van der Waals surface area contributed by atoms with Gasteiger partial charge in [-0.1, -0.05) is 18.2 Å². The zero-order chi connectivity index (χ0) is 23.8. The monoisotopic (exact) mass is 455 g/mol. The fourth-order valence-electron chi connectivity index (χ4n) is 3.59. The Labute approximate surface area is 185 Å². The van der Waals surface area contributed by atoms with E-state index in [1.54, 1.807) is 48.9 Å². The first-order valence-corrected chi connectivity index (χ1v) is 9.86. The summed E-state index contributed by atoms with van der Waals surface area (Å²) in [5.74, 6) is -2.19. The highest BCUT2D eigenvalue weighted by Gasteiger charge is 2.35. The quantitative estimate of drug-likeness (QED) is 0.439. The number of aryl methyl sites for hydroxylation is 1. The van der Waals surface area contributed by atoms with Crippen LogP contribution >= 0.6 is 0 Å². The Kier molecular flexibility index (Phi) is 5.71. The molecule has 0 fully saturated rings. The SMILES string of the molecule is Cc1ccncc1-n1ccc2c(NC(=O)Cc3cccc(C(F)(F)F)c3F)cccc2c1=O. The van der Waals surface area contributed by atoms with Gasteiger partial charge in [-0.25, -0.2) is 4.39 Å². The number of amides is 1. The Balaban J connectivity index is 1.65. The summed E-state index contributed by atoms with van der Waals surface area (Å²) in [6.07, 6.45) is -0.725. The molecule has 9 heteroatoms. The van der Waals surface area contributed by atoms with Crippen LogP contribution in [0.15, 0.2) is 71.9 Å². The second kappa shape index (κ2) is 8.50. The maximum Gasteiger partial charge on any atom is 0.419 e. The first kappa shape index (κ1) is 22.2. The summed E-state index contributed by atoms with van der Waals surface area (Å²) >= 11 is 0. The van der Waals surface area contributed by atoms with Gasteiger partial charge in [-0.15, -0.1) is 0 Å². The van der Waals surface area contributed by atoms with Gasteiger partial charge in [-0.05, 0) is 48.4 Å². The molecule has 0 spiro atoms. The summed E-state index contributed by atoms with van der Waals surface area (Å²) in [5.41, 5.74) is -0.389. The Hall–Kier alpha value is -4.01. The smallest absolute Gasteiger partial charge is 0.325 e. The van der Waals surface area contributed by atoms with E-state index in [9.17, 15) is 27.2 Å². The first-order chi connectivity index (χ1) is 15.7. The fourth-order valence-corrected chi connectivity index (χ4v) is 3.59. The minimum Gasteiger partial charge on any atom is -0.325 e. The molecule has 2 heterocycles. The third kappa shape index (κ3) is 4.34. The van der Waals surface area contributed by atoms with Gasteiger partial charge in [0, 0.05) is 28.9 Å². The number of carbonyl (C=O) groups excluding carboxylic acids is 1. The molecule has 5 nitrogen and oxygen atoms in total. The van der Waals surface area contributed by atoms with Crippen molar-refractivity contribution in [3.8, 4) is 5.69 Å². The summed E-state index contributed by atoms with van der Waals surface area (Å²) < 4.78 is 54.5. The number of nitrogens with zero attached hydrogens (tertiary/aromatic N) is 2. The van der Waals surface area contributed by atoms with E-state index in [4.69, 9.17) is 0 Å². The van der Waals surface area contributed by atoms with Gasteiger partial charge in [0.2, 0.25) is 5.91 Å². The van der Waals surface area contributed by atoms with E-state index in [-0.39, 0.29) is 16.8 Å². The van der Waals surface area contributed by atoms with Gasteiger partial charge in [0.05, 0.1) is 23.9 Å². The van der Waals surface area contributed by atoms with Gasteiger partial charge >= 0.3 is 6.18 Å². The fraction of sp³-hybridized carbons (Fsp3) is 0.125. The van der Waals surface area contributed by atoms with Crippen LogP contribution in [0.1, 0.15) is 16.7 Å². The number of halogens is 4. The van der Waals surface area contributed by atoms with Crippen LogP contribution in [0.5, 0.6) is 0 Å². The number of hydrogen-bond acceptors (Lipinski definition) is 3.